The summed E-state index contributed by atoms with van der Waals surface area (Å²) < 4.78 is 74.6. The number of nitro groups is 1. The fourth-order valence-electron chi connectivity index (χ4n) is 4.63. The number of nitrogens with one attached hydrogen (secondary N) is 1. The molecule has 0 atom stereocenters. The first-order valence-electron chi connectivity index (χ1n) is 13.8. The van der Waals surface area contributed by atoms with Crippen molar-refractivity contribution in [3.63, 3.8) is 0 Å². The van der Waals surface area contributed by atoms with Gasteiger partial charge in [0, 0.05) is 24.0 Å². The second-order valence-electron chi connectivity index (χ2n) is 11.3. The number of hydrogen-bond acceptors (Lipinski definition) is 13. The zero-order valence-corrected chi connectivity index (χ0v) is 27.2. The van der Waals surface area contributed by atoms with Crippen LogP contribution in [0.1, 0.15) is 48.2 Å². The number of nitrogens with zero attached hydrogens (tertiary/aromatic N) is 8. The molecule has 0 saturated carbocycles. The summed E-state index contributed by atoms with van der Waals surface area (Å²) in [6, 6.07) is 8.28. The Labute approximate surface area is 271 Å². The fraction of sp³-hybridized carbons (Fsp3) is 0.259. The lowest BCUT2D eigenvalue weighted by molar-refractivity contribution is -0.384. The van der Waals surface area contributed by atoms with Crippen molar-refractivity contribution >= 4 is 49.0 Å². The van der Waals surface area contributed by atoms with E-state index in [-0.39, 0.29) is 22.6 Å². The van der Waals surface area contributed by atoms with Gasteiger partial charge >= 0.3 is 5.97 Å². The van der Waals surface area contributed by atoms with Gasteiger partial charge in [-0.2, -0.15) is 26.6 Å². The van der Waals surface area contributed by atoms with Gasteiger partial charge in [-0.15, -0.1) is 15.3 Å². The quantitative estimate of drug-likeness (QED) is 0.0613. The molecule has 3 aromatic heterocycles. The lowest BCUT2D eigenvalue weighted by atomic mass is 9.91. The molecule has 19 nitrogen and oxygen atoms in total. The number of aryl methyl sites for hydroxylation is 2. The maximum absolute atomic E-state index is 12.7. The van der Waals surface area contributed by atoms with Gasteiger partial charge < -0.3 is 4.74 Å². The summed E-state index contributed by atoms with van der Waals surface area (Å²) in [7, 11) is -8.78. The summed E-state index contributed by atoms with van der Waals surface area (Å²) in [4.78, 5) is 26.2. The second kappa shape index (κ2) is 12.3. The van der Waals surface area contributed by atoms with E-state index in [1.165, 1.54) is 16.8 Å². The van der Waals surface area contributed by atoms with Crippen LogP contribution in [0.3, 0.4) is 0 Å². The van der Waals surface area contributed by atoms with Crippen molar-refractivity contribution in [2.24, 2.45) is 10.2 Å². The number of esters is 1. The van der Waals surface area contributed by atoms with Crippen LogP contribution in [0.2, 0.25) is 0 Å². The molecule has 0 saturated heterocycles. The van der Waals surface area contributed by atoms with E-state index < -0.39 is 57.8 Å². The molecule has 0 aliphatic carbocycles. The molecule has 252 valence electrons. The number of fused-ring (bicyclic) bond motifs is 1. The first-order valence-corrected chi connectivity index (χ1v) is 16.7. The van der Waals surface area contributed by atoms with E-state index in [0.29, 0.717) is 24.4 Å². The van der Waals surface area contributed by atoms with Crippen LogP contribution in [0, 0.1) is 10.1 Å². The van der Waals surface area contributed by atoms with Crippen LogP contribution in [-0.4, -0.2) is 73.5 Å². The predicted molar refractivity (Wildman–Crippen MR) is 165 cm³/mol. The molecule has 0 unspecified atom stereocenters. The molecule has 48 heavy (non-hydrogen) atoms. The van der Waals surface area contributed by atoms with Crippen LogP contribution in [0.25, 0.3) is 11.3 Å². The van der Waals surface area contributed by atoms with E-state index in [0.717, 1.165) is 41.8 Å². The van der Waals surface area contributed by atoms with Crippen LogP contribution in [-0.2, 0) is 43.2 Å². The minimum absolute atomic E-state index is 0.0334. The van der Waals surface area contributed by atoms with Crippen molar-refractivity contribution in [3.8, 4) is 5.69 Å². The molecule has 5 aromatic rings. The van der Waals surface area contributed by atoms with Gasteiger partial charge in [0.15, 0.2) is 17.3 Å². The highest BCUT2D eigenvalue weighted by Gasteiger charge is 2.29. The lowest BCUT2D eigenvalue weighted by Crippen LogP contribution is -2.12. The summed E-state index contributed by atoms with van der Waals surface area (Å²) in [5.41, 5.74) is 0.247. The Morgan fingerprint density at radius 2 is 1.73 bits per heavy atom. The molecule has 3 N–H and O–H groups in total. The number of aromatic amines is 1. The summed E-state index contributed by atoms with van der Waals surface area (Å²) >= 11 is 0. The lowest BCUT2D eigenvalue weighted by Gasteiger charge is -2.16. The summed E-state index contributed by atoms with van der Waals surface area (Å²) in [6.45, 7) is 5.61. The highest BCUT2D eigenvalue weighted by atomic mass is 32.2. The molecular weight excluding hydrogens is 674 g/mol. The number of benzene rings is 2. The number of non-ortho nitro benzene ring substituents is 1. The highest BCUT2D eigenvalue weighted by Crippen LogP contribution is 2.36. The van der Waals surface area contributed by atoms with Crippen LogP contribution >= 0.6 is 0 Å². The van der Waals surface area contributed by atoms with Crippen molar-refractivity contribution in [2.45, 2.75) is 48.8 Å². The fourth-order valence-corrected chi connectivity index (χ4v) is 5.78. The highest BCUT2D eigenvalue weighted by molar-refractivity contribution is 7.86. The van der Waals surface area contributed by atoms with Crippen LogP contribution in [0.5, 0.6) is 0 Å². The molecule has 0 radical (unpaired) electrons. The molecule has 0 spiro atoms. The van der Waals surface area contributed by atoms with E-state index in [1.807, 2.05) is 20.8 Å². The largest absolute Gasteiger partial charge is 0.465 e. The van der Waals surface area contributed by atoms with Crippen molar-refractivity contribution < 1.29 is 40.4 Å². The number of H-pyrrole nitrogens is 1. The monoisotopic (exact) mass is 701 g/mol. The SMILES string of the molecule is COC(=O)c1cnn(-c2cc(S(=O)(=O)O)ccc2S(=O)(=O)O)c1N=Nc1c(C(C)(C)C)[nH]n2nc(CCc3ccc([N+](=O)[O-])cc3)nc12. The van der Waals surface area contributed by atoms with Crippen LogP contribution in [0.4, 0.5) is 17.2 Å². The number of methoxy groups -OCH3 is 1. The number of carbonyl (C=O) groups excluding carboxylic acids is 1. The molecule has 0 amide bonds. The molecule has 5 rings (SSSR count). The van der Waals surface area contributed by atoms with Gasteiger partial charge in [0.05, 0.1) is 34.5 Å². The number of aromatic nitrogens is 6. The zero-order valence-electron chi connectivity index (χ0n) is 25.6. The third-order valence-corrected chi connectivity index (χ3v) is 8.73. The zero-order chi connectivity index (χ0) is 35.2. The topological polar surface area (TPSA) is 267 Å². The Morgan fingerprint density at radius 3 is 2.31 bits per heavy atom. The molecule has 21 heteroatoms. The first kappa shape index (κ1) is 34.0. The average Bonchev–Trinajstić information content (AvgIpc) is 3.70. The minimum atomic E-state index is -5.00. The number of ether oxygens (including phenoxy) is 1. The maximum Gasteiger partial charge on any atom is 0.343 e. The first-order chi connectivity index (χ1) is 22.4. The molecule has 2 aromatic carbocycles. The molecule has 0 bridgehead atoms. The Morgan fingerprint density at radius 1 is 1.04 bits per heavy atom. The minimum Gasteiger partial charge on any atom is -0.465 e. The Hall–Kier alpha value is -5.38. The Kier molecular flexibility index (Phi) is 8.73. The summed E-state index contributed by atoms with van der Waals surface area (Å²) in [5, 5.41) is 31.1. The number of azo groups is 1. The van der Waals surface area contributed by atoms with Gasteiger partial charge in [-0.25, -0.2) is 14.5 Å². The number of rotatable bonds is 10. The molecule has 0 fully saturated rings. The standard InChI is InChI=1S/C27H27N9O10S2/c1-27(2,3)23-22(25-29-21(32-35(25)33-23)12-7-15-5-8-16(9-6-15)36(38)39)30-31-24-18(26(37)46-4)14-28-34(24)19-13-17(47(40,41)42)10-11-20(19)48(43,44)45/h5-6,8-11,13-14,33H,7,12H2,1-4H3,(H,40,41,42)(H,43,44,45). The van der Waals surface area contributed by atoms with Crippen molar-refractivity contribution in [1.82, 2.24) is 29.6 Å². The number of carbonyl (C=O) groups is 1. The Balaban J connectivity index is 1.62. The van der Waals surface area contributed by atoms with Crippen molar-refractivity contribution in [1.29, 1.82) is 0 Å². The van der Waals surface area contributed by atoms with E-state index in [4.69, 9.17) is 4.74 Å². The normalized spacial score (nSPS) is 12.6. The van der Waals surface area contributed by atoms with Gasteiger partial charge in [-0.05, 0) is 30.2 Å². The van der Waals surface area contributed by atoms with Crippen molar-refractivity contribution in [3.05, 3.63) is 81.4 Å². The van der Waals surface area contributed by atoms with E-state index in [1.54, 1.807) is 12.1 Å². The molecule has 0 aliphatic rings. The Bertz CT molecular complexity index is 2320. The predicted octanol–water partition coefficient (Wildman–Crippen LogP) is 3.93. The maximum atomic E-state index is 12.7. The molecule has 3 heterocycles. The second-order valence-corrected chi connectivity index (χ2v) is 14.1. The van der Waals surface area contributed by atoms with E-state index in [2.05, 4.69) is 30.5 Å². The van der Waals surface area contributed by atoms with Gasteiger partial charge in [0.1, 0.15) is 10.5 Å². The number of hydrogen-bond donors (Lipinski definition) is 3. The summed E-state index contributed by atoms with van der Waals surface area (Å²) in [5.74, 6) is -0.978. The molecule has 0 aliphatic heterocycles. The van der Waals surface area contributed by atoms with Gasteiger partial charge in [0.25, 0.3) is 25.9 Å². The third kappa shape index (κ3) is 6.83. The smallest absolute Gasteiger partial charge is 0.343 e. The van der Waals surface area contributed by atoms with Crippen LogP contribution in [0.15, 0.2) is 68.7 Å². The van der Waals surface area contributed by atoms with Crippen LogP contribution < -0.4 is 0 Å². The van der Waals surface area contributed by atoms with Crippen molar-refractivity contribution in [2.75, 3.05) is 7.11 Å². The van der Waals surface area contributed by atoms with E-state index >= 15 is 0 Å². The van der Waals surface area contributed by atoms with Gasteiger partial charge in [0.2, 0.25) is 5.65 Å². The number of nitro benzene ring substituents is 1. The summed E-state index contributed by atoms with van der Waals surface area (Å²) in [6.07, 6.45) is 1.80. The van der Waals surface area contributed by atoms with Gasteiger partial charge in [-0.1, -0.05) is 32.9 Å². The third-order valence-electron chi connectivity index (χ3n) is 6.98. The van der Waals surface area contributed by atoms with E-state index in [9.17, 15) is 40.8 Å². The van der Waals surface area contributed by atoms with Gasteiger partial charge in [-0.3, -0.25) is 24.3 Å². The molecular formula is C27H27N9O10S2. The average molecular weight is 702 g/mol.